The van der Waals surface area contributed by atoms with E-state index in [4.69, 9.17) is 26.8 Å². The molecule has 18 heavy (non-hydrogen) atoms. The Morgan fingerprint density at radius 1 is 1.56 bits per heavy atom. The molecule has 5 heteroatoms. The number of esters is 1. The summed E-state index contributed by atoms with van der Waals surface area (Å²) in [6.07, 6.45) is 3.08. The summed E-state index contributed by atoms with van der Waals surface area (Å²) in [5.41, 5.74) is 6.43. The Labute approximate surface area is 111 Å². The van der Waals surface area contributed by atoms with E-state index in [1.165, 1.54) is 6.07 Å². The number of nitrogen functional groups attached to an aromatic ring is 1. The number of hydrogen-bond donors (Lipinski definition) is 1. The minimum Gasteiger partial charge on any atom is -0.462 e. The van der Waals surface area contributed by atoms with Crippen LogP contribution in [0.15, 0.2) is 18.2 Å². The third-order valence-corrected chi connectivity index (χ3v) is 3.22. The molecule has 1 heterocycles. The van der Waals surface area contributed by atoms with Crippen molar-refractivity contribution in [2.24, 2.45) is 0 Å². The molecule has 1 aliphatic rings. The Bertz CT molecular complexity index is 430. The van der Waals surface area contributed by atoms with Gasteiger partial charge in [-0.3, -0.25) is 0 Å². The molecule has 0 spiro atoms. The van der Waals surface area contributed by atoms with Crippen LogP contribution < -0.4 is 5.73 Å². The number of nitrogens with two attached hydrogens (primary N) is 1. The predicted octanol–water partition coefficient (Wildman–Crippen LogP) is 2.65. The van der Waals surface area contributed by atoms with Gasteiger partial charge in [0.05, 0.1) is 23.3 Å². The molecule has 1 aromatic rings. The van der Waals surface area contributed by atoms with Crippen LogP contribution in [-0.4, -0.2) is 25.3 Å². The van der Waals surface area contributed by atoms with Gasteiger partial charge in [-0.2, -0.15) is 0 Å². The molecule has 0 bridgehead atoms. The predicted molar refractivity (Wildman–Crippen MR) is 69.7 cm³/mol. The molecule has 98 valence electrons. The normalized spacial score (nSPS) is 18.8. The van der Waals surface area contributed by atoms with Gasteiger partial charge in [-0.15, -0.1) is 0 Å². The molecule has 0 saturated carbocycles. The highest BCUT2D eigenvalue weighted by atomic mass is 35.5. The van der Waals surface area contributed by atoms with Crippen molar-refractivity contribution in [3.63, 3.8) is 0 Å². The second-order valence-electron chi connectivity index (χ2n) is 4.30. The third-order valence-electron chi connectivity index (χ3n) is 2.91. The minimum atomic E-state index is -0.419. The maximum atomic E-state index is 11.8. The maximum Gasteiger partial charge on any atom is 0.339 e. The monoisotopic (exact) mass is 269 g/mol. The van der Waals surface area contributed by atoms with Gasteiger partial charge in [0.1, 0.15) is 0 Å². The van der Waals surface area contributed by atoms with Gasteiger partial charge in [0.2, 0.25) is 0 Å². The molecule has 0 radical (unpaired) electrons. The lowest BCUT2D eigenvalue weighted by atomic mass is 10.2. The second kappa shape index (κ2) is 6.07. The van der Waals surface area contributed by atoms with E-state index in [0.717, 1.165) is 25.9 Å². The Hall–Kier alpha value is -1.26. The summed E-state index contributed by atoms with van der Waals surface area (Å²) in [6.45, 7) is 1.16. The van der Waals surface area contributed by atoms with Crippen LogP contribution in [0.2, 0.25) is 5.02 Å². The third kappa shape index (κ3) is 3.37. The second-order valence-corrected chi connectivity index (χ2v) is 4.71. The first kappa shape index (κ1) is 13.2. The fourth-order valence-corrected chi connectivity index (χ4v) is 2.20. The zero-order chi connectivity index (χ0) is 13.0. The average Bonchev–Trinajstić information content (AvgIpc) is 2.81. The van der Waals surface area contributed by atoms with E-state index >= 15 is 0 Å². The lowest BCUT2D eigenvalue weighted by molar-refractivity contribution is 0.0386. The molecule has 1 unspecified atom stereocenters. The summed E-state index contributed by atoms with van der Waals surface area (Å²) in [7, 11) is 0. The molecule has 0 amide bonds. The zero-order valence-corrected chi connectivity index (χ0v) is 10.8. The standard InChI is InChI=1S/C13H16ClNO3/c14-12-8-9(15)3-4-11(12)13(16)18-7-5-10-2-1-6-17-10/h3-4,8,10H,1-2,5-7,15H2. The Kier molecular flexibility index (Phi) is 4.44. The molecule has 1 saturated heterocycles. The van der Waals surface area contributed by atoms with E-state index in [9.17, 15) is 4.79 Å². The molecular weight excluding hydrogens is 254 g/mol. The fourth-order valence-electron chi connectivity index (χ4n) is 1.93. The van der Waals surface area contributed by atoms with E-state index < -0.39 is 5.97 Å². The van der Waals surface area contributed by atoms with Gasteiger partial charge < -0.3 is 15.2 Å². The van der Waals surface area contributed by atoms with Crippen molar-refractivity contribution in [3.8, 4) is 0 Å². The van der Waals surface area contributed by atoms with Gasteiger partial charge in [0.25, 0.3) is 0 Å². The Morgan fingerprint density at radius 2 is 2.39 bits per heavy atom. The fraction of sp³-hybridized carbons (Fsp3) is 0.462. The van der Waals surface area contributed by atoms with Crippen molar-refractivity contribution in [3.05, 3.63) is 28.8 Å². The topological polar surface area (TPSA) is 61.6 Å². The van der Waals surface area contributed by atoms with Crippen LogP contribution in [0.5, 0.6) is 0 Å². The summed E-state index contributed by atoms with van der Waals surface area (Å²) < 4.78 is 10.6. The molecule has 0 aliphatic carbocycles. The number of halogens is 1. The van der Waals surface area contributed by atoms with Crippen molar-refractivity contribution >= 4 is 23.3 Å². The first-order valence-electron chi connectivity index (χ1n) is 6.00. The smallest absolute Gasteiger partial charge is 0.339 e. The molecule has 2 N–H and O–H groups in total. The summed E-state index contributed by atoms with van der Waals surface area (Å²) in [5, 5.41) is 0.317. The summed E-state index contributed by atoms with van der Waals surface area (Å²) >= 11 is 5.92. The molecule has 4 nitrogen and oxygen atoms in total. The SMILES string of the molecule is Nc1ccc(C(=O)OCCC2CCCO2)c(Cl)c1. The van der Waals surface area contributed by atoms with Gasteiger partial charge in [-0.1, -0.05) is 11.6 Å². The average molecular weight is 270 g/mol. The van der Waals surface area contributed by atoms with E-state index in [-0.39, 0.29) is 6.10 Å². The summed E-state index contributed by atoms with van der Waals surface area (Å²) in [6, 6.07) is 4.74. The van der Waals surface area contributed by atoms with Crippen molar-refractivity contribution in [2.45, 2.75) is 25.4 Å². The molecular formula is C13H16ClNO3. The molecule has 1 aliphatic heterocycles. The Morgan fingerprint density at radius 3 is 3.06 bits per heavy atom. The highest BCUT2D eigenvalue weighted by Crippen LogP contribution is 2.20. The first-order chi connectivity index (χ1) is 8.66. The van der Waals surface area contributed by atoms with Crippen LogP contribution in [0, 0.1) is 0 Å². The highest BCUT2D eigenvalue weighted by molar-refractivity contribution is 6.33. The van der Waals surface area contributed by atoms with Crippen LogP contribution in [0.4, 0.5) is 5.69 Å². The molecule has 1 fully saturated rings. The number of ether oxygens (including phenoxy) is 2. The lowest BCUT2D eigenvalue weighted by Gasteiger charge is -2.10. The van der Waals surface area contributed by atoms with Crippen molar-refractivity contribution < 1.29 is 14.3 Å². The van der Waals surface area contributed by atoms with Crippen molar-refractivity contribution in [2.75, 3.05) is 18.9 Å². The minimum absolute atomic E-state index is 0.222. The number of rotatable bonds is 4. The first-order valence-corrected chi connectivity index (χ1v) is 6.38. The van der Waals surface area contributed by atoms with Crippen molar-refractivity contribution in [1.29, 1.82) is 0 Å². The summed E-state index contributed by atoms with van der Waals surface area (Å²) in [5.74, 6) is -0.419. The van der Waals surface area contributed by atoms with Gasteiger partial charge in [0.15, 0.2) is 0 Å². The van der Waals surface area contributed by atoms with Crippen LogP contribution in [-0.2, 0) is 9.47 Å². The van der Waals surface area contributed by atoms with Crippen LogP contribution >= 0.6 is 11.6 Å². The van der Waals surface area contributed by atoms with Crippen molar-refractivity contribution in [1.82, 2.24) is 0 Å². The summed E-state index contributed by atoms with van der Waals surface area (Å²) in [4.78, 5) is 11.8. The molecule has 1 aromatic carbocycles. The van der Waals surface area contributed by atoms with Gasteiger partial charge in [0, 0.05) is 18.7 Å². The van der Waals surface area contributed by atoms with Gasteiger partial charge in [-0.05, 0) is 31.0 Å². The van der Waals surface area contributed by atoms with E-state index in [1.807, 2.05) is 0 Å². The van der Waals surface area contributed by atoms with E-state index in [2.05, 4.69) is 0 Å². The number of hydrogen-bond acceptors (Lipinski definition) is 4. The van der Waals surface area contributed by atoms with E-state index in [1.54, 1.807) is 12.1 Å². The van der Waals surface area contributed by atoms with Gasteiger partial charge in [-0.25, -0.2) is 4.79 Å². The van der Waals surface area contributed by atoms with E-state index in [0.29, 0.717) is 22.9 Å². The molecule has 1 atom stereocenters. The van der Waals surface area contributed by atoms with Crippen LogP contribution in [0.3, 0.4) is 0 Å². The lowest BCUT2D eigenvalue weighted by Crippen LogP contribution is -2.13. The number of carbonyl (C=O) groups excluding carboxylic acids is 1. The molecule has 2 rings (SSSR count). The largest absolute Gasteiger partial charge is 0.462 e. The Balaban J connectivity index is 1.83. The number of carbonyl (C=O) groups is 1. The van der Waals surface area contributed by atoms with Crippen LogP contribution in [0.25, 0.3) is 0 Å². The molecule has 0 aromatic heterocycles. The quantitative estimate of drug-likeness (QED) is 0.674. The highest BCUT2D eigenvalue weighted by Gasteiger charge is 2.17. The number of anilines is 1. The zero-order valence-electron chi connectivity index (χ0n) is 10.0. The van der Waals surface area contributed by atoms with Crippen LogP contribution in [0.1, 0.15) is 29.6 Å². The van der Waals surface area contributed by atoms with Gasteiger partial charge >= 0.3 is 5.97 Å². The maximum absolute atomic E-state index is 11.8. The number of benzene rings is 1.